The molecule has 1 aromatic rings. The molecule has 0 saturated carbocycles. The fourth-order valence-corrected chi connectivity index (χ4v) is 2.31. The maximum atomic E-state index is 11.2. The summed E-state index contributed by atoms with van der Waals surface area (Å²) in [4.78, 5) is 7.48. The van der Waals surface area contributed by atoms with Crippen molar-refractivity contribution < 1.29 is 8.42 Å². The van der Waals surface area contributed by atoms with Gasteiger partial charge in [0.25, 0.3) is 0 Å². The van der Waals surface area contributed by atoms with Gasteiger partial charge in [-0.25, -0.2) is 18.4 Å². The molecule has 0 aliphatic rings. The molecule has 0 amide bonds. The molecule has 0 fully saturated rings. The maximum Gasteiger partial charge on any atom is 0.249 e. The molecule has 0 bridgehead atoms. The highest BCUT2D eigenvalue weighted by Crippen LogP contribution is 2.25. The molecule has 4 nitrogen and oxygen atoms in total. The van der Waals surface area contributed by atoms with E-state index >= 15 is 0 Å². The first-order valence-electron chi connectivity index (χ1n) is 4.63. The lowest BCUT2D eigenvalue weighted by atomic mass is 10.1. The molecule has 0 aliphatic carbocycles. The Hall–Kier alpha value is -0.390. The number of rotatable bonds is 3. The van der Waals surface area contributed by atoms with Gasteiger partial charge in [-0.3, -0.25) is 0 Å². The lowest BCUT2D eigenvalue weighted by Crippen LogP contribution is -2.08. The highest BCUT2D eigenvalue weighted by molar-refractivity contribution is 7.90. The zero-order valence-electron chi connectivity index (χ0n) is 9.16. The van der Waals surface area contributed by atoms with Crippen molar-refractivity contribution in [3.63, 3.8) is 0 Å². The van der Waals surface area contributed by atoms with Crippen LogP contribution in [-0.4, -0.2) is 24.6 Å². The van der Waals surface area contributed by atoms with Crippen molar-refractivity contribution in [1.82, 2.24) is 9.97 Å². The first-order valence-corrected chi connectivity index (χ1v) is 7.28. The van der Waals surface area contributed by atoms with Crippen LogP contribution in [0.15, 0.2) is 5.16 Å². The zero-order chi connectivity index (χ0) is 12.5. The topological polar surface area (TPSA) is 59.9 Å². The zero-order valence-corrected chi connectivity index (χ0v) is 11.5. The summed E-state index contributed by atoms with van der Waals surface area (Å²) in [5.41, 5.74) is 0.589. The quantitative estimate of drug-likeness (QED) is 0.631. The minimum atomic E-state index is -3.48. The molecular weight excluding hydrogens is 271 g/mol. The minimum absolute atomic E-state index is 0.106. The Morgan fingerprint density at radius 1 is 1.19 bits per heavy atom. The van der Waals surface area contributed by atoms with Gasteiger partial charge in [0.15, 0.2) is 0 Å². The molecule has 0 aliphatic heterocycles. The van der Waals surface area contributed by atoms with Crippen molar-refractivity contribution in [3.05, 3.63) is 15.9 Å². The lowest BCUT2D eigenvalue weighted by Gasteiger charge is -2.09. The van der Waals surface area contributed by atoms with Gasteiger partial charge >= 0.3 is 0 Å². The van der Waals surface area contributed by atoms with Crippen molar-refractivity contribution in [3.8, 4) is 0 Å². The van der Waals surface area contributed by atoms with Gasteiger partial charge in [-0.1, -0.05) is 37.0 Å². The number of hydrogen-bond acceptors (Lipinski definition) is 4. The van der Waals surface area contributed by atoms with Crippen LogP contribution in [0.3, 0.4) is 0 Å². The number of nitrogens with zero attached hydrogens (tertiary/aromatic N) is 2. The van der Waals surface area contributed by atoms with E-state index in [1.54, 1.807) is 0 Å². The van der Waals surface area contributed by atoms with Gasteiger partial charge < -0.3 is 0 Å². The molecule has 0 radical (unpaired) electrons. The van der Waals surface area contributed by atoms with Crippen molar-refractivity contribution in [1.29, 1.82) is 0 Å². The van der Waals surface area contributed by atoms with Crippen LogP contribution in [0.1, 0.15) is 19.4 Å². The molecule has 0 unspecified atom stereocenters. The van der Waals surface area contributed by atoms with Crippen molar-refractivity contribution in [2.24, 2.45) is 5.92 Å². The summed E-state index contributed by atoms with van der Waals surface area (Å²) in [6.07, 6.45) is 1.62. The molecule has 1 rings (SSSR count). The van der Waals surface area contributed by atoms with Crippen LogP contribution in [0.2, 0.25) is 10.3 Å². The van der Waals surface area contributed by atoms with Crippen LogP contribution >= 0.6 is 23.2 Å². The molecular formula is C9H12Cl2N2O2S. The van der Waals surface area contributed by atoms with Crippen LogP contribution in [0.4, 0.5) is 0 Å². The van der Waals surface area contributed by atoms with E-state index in [9.17, 15) is 8.42 Å². The molecule has 0 aromatic carbocycles. The second kappa shape index (κ2) is 4.85. The predicted octanol–water partition coefficient (Wildman–Crippen LogP) is 2.39. The molecule has 1 heterocycles. The van der Waals surface area contributed by atoms with Crippen molar-refractivity contribution in [2.75, 3.05) is 6.26 Å². The molecule has 16 heavy (non-hydrogen) atoms. The third-order valence-electron chi connectivity index (χ3n) is 1.83. The Balaban J connectivity index is 3.28. The lowest BCUT2D eigenvalue weighted by molar-refractivity contribution is 0.591. The van der Waals surface area contributed by atoms with Gasteiger partial charge in [0.1, 0.15) is 10.3 Å². The van der Waals surface area contributed by atoms with Gasteiger partial charge in [0.05, 0.1) is 0 Å². The predicted molar refractivity (Wildman–Crippen MR) is 63.7 cm³/mol. The second-order valence-electron chi connectivity index (χ2n) is 3.94. The summed E-state index contributed by atoms with van der Waals surface area (Å²) in [6.45, 7) is 3.99. The molecule has 0 spiro atoms. The van der Waals surface area contributed by atoms with Gasteiger partial charge in [0.2, 0.25) is 15.0 Å². The summed E-state index contributed by atoms with van der Waals surface area (Å²) in [6, 6.07) is 0. The van der Waals surface area contributed by atoms with Gasteiger partial charge in [-0.2, -0.15) is 0 Å². The first kappa shape index (κ1) is 13.7. The average Bonchev–Trinajstić information content (AvgIpc) is 2.09. The number of sulfone groups is 1. The molecule has 0 atom stereocenters. The fourth-order valence-electron chi connectivity index (χ4n) is 1.16. The van der Waals surface area contributed by atoms with Crippen LogP contribution in [0.25, 0.3) is 0 Å². The average molecular weight is 283 g/mol. The first-order chi connectivity index (χ1) is 7.21. The standard InChI is InChI=1S/C9H12Cl2N2O2S/c1-5(2)4-6-7(10)12-9(13-8(6)11)16(3,14)15/h5H,4H2,1-3H3. The Morgan fingerprint density at radius 3 is 1.94 bits per heavy atom. The van der Waals surface area contributed by atoms with E-state index in [0.29, 0.717) is 17.9 Å². The van der Waals surface area contributed by atoms with Crippen LogP contribution < -0.4 is 0 Å². The molecule has 90 valence electrons. The van der Waals surface area contributed by atoms with Crippen LogP contribution in [0.5, 0.6) is 0 Å². The Bertz CT molecular complexity index is 477. The van der Waals surface area contributed by atoms with Gasteiger partial charge in [-0.05, 0) is 12.3 Å². The largest absolute Gasteiger partial charge is 0.249 e. The Morgan fingerprint density at radius 2 is 1.62 bits per heavy atom. The molecule has 0 N–H and O–H groups in total. The second-order valence-corrected chi connectivity index (χ2v) is 6.56. The smallest absolute Gasteiger partial charge is 0.221 e. The van der Waals surface area contributed by atoms with Crippen molar-refractivity contribution >= 4 is 33.0 Å². The SMILES string of the molecule is CC(C)Cc1c(Cl)nc(S(C)(=O)=O)nc1Cl. The maximum absolute atomic E-state index is 11.2. The molecule has 0 saturated heterocycles. The Labute approximate surface area is 105 Å². The van der Waals surface area contributed by atoms with E-state index in [-0.39, 0.29) is 15.5 Å². The van der Waals surface area contributed by atoms with Crippen LogP contribution in [-0.2, 0) is 16.3 Å². The van der Waals surface area contributed by atoms with E-state index in [2.05, 4.69) is 9.97 Å². The summed E-state index contributed by atoms with van der Waals surface area (Å²) in [5, 5.41) is -0.127. The molecule has 1 aromatic heterocycles. The highest BCUT2D eigenvalue weighted by atomic mass is 35.5. The summed E-state index contributed by atoms with van der Waals surface area (Å²) < 4.78 is 22.5. The third-order valence-corrected chi connectivity index (χ3v) is 3.30. The number of hydrogen-bond donors (Lipinski definition) is 0. The van der Waals surface area contributed by atoms with Crippen molar-refractivity contribution in [2.45, 2.75) is 25.4 Å². The highest BCUT2D eigenvalue weighted by Gasteiger charge is 2.18. The van der Waals surface area contributed by atoms with E-state index in [1.807, 2.05) is 13.8 Å². The van der Waals surface area contributed by atoms with Gasteiger partial charge in [0, 0.05) is 11.8 Å². The number of aromatic nitrogens is 2. The summed E-state index contributed by atoms with van der Waals surface area (Å²) in [5.74, 6) is 0.336. The number of halogens is 2. The van der Waals surface area contributed by atoms with E-state index in [4.69, 9.17) is 23.2 Å². The van der Waals surface area contributed by atoms with E-state index < -0.39 is 9.84 Å². The minimum Gasteiger partial charge on any atom is -0.221 e. The summed E-state index contributed by atoms with van der Waals surface area (Å²) >= 11 is 11.8. The molecule has 7 heteroatoms. The normalized spacial score (nSPS) is 12.1. The third kappa shape index (κ3) is 3.30. The monoisotopic (exact) mass is 282 g/mol. The van der Waals surface area contributed by atoms with Gasteiger partial charge in [-0.15, -0.1) is 0 Å². The van der Waals surface area contributed by atoms with Crippen LogP contribution in [0, 0.1) is 5.92 Å². The summed E-state index contributed by atoms with van der Waals surface area (Å²) in [7, 11) is -3.48. The van der Waals surface area contributed by atoms with E-state index in [0.717, 1.165) is 6.26 Å². The van der Waals surface area contributed by atoms with E-state index in [1.165, 1.54) is 0 Å². The fraction of sp³-hybridized carbons (Fsp3) is 0.556. The Kier molecular flexibility index (Phi) is 4.15.